The number of thiazole rings is 1. The molecule has 2 aromatic rings. The Morgan fingerprint density at radius 1 is 1.38 bits per heavy atom. The van der Waals surface area contributed by atoms with E-state index in [1.165, 1.54) is 0 Å². The summed E-state index contributed by atoms with van der Waals surface area (Å²) in [6.45, 7) is 3.60. The second-order valence-corrected chi connectivity index (χ2v) is 7.12. The number of nitrogens with zero attached hydrogens (tertiary/aromatic N) is 2. The highest BCUT2D eigenvalue weighted by molar-refractivity contribution is 7.09. The maximum atomic E-state index is 12.3. The van der Waals surface area contributed by atoms with Crippen LogP contribution >= 0.6 is 11.3 Å². The predicted molar refractivity (Wildman–Crippen MR) is 93.5 cm³/mol. The summed E-state index contributed by atoms with van der Waals surface area (Å²) in [5.74, 6) is -0.238. The maximum absolute atomic E-state index is 12.3. The molecule has 1 aromatic carbocycles. The average Bonchev–Trinajstić information content (AvgIpc) is 3.15. The molecule has 6 heteroatoms. The van der Waals surface area contributed by atoms with Crippen molar-refractivity contribution < 1.29 is 9.59 Å². The monoisotopic (exact) mass is 343 g/mol. The lowest BCUT2D eigenvalue weighted by atomic mass is 10.1. The van der Waals surface area contributed by atoms with Gasteiger partial charge in [-0.1, -0.05) is 30.3 Å². The zero-order chi connectivity index (χ0) is 16.9. The zero-order valence-electron chi connectivity index (χ0n) is 13.7. The molecule has 1 unspecified atom stereocenters. The number of likely N-dealkylation sites (tertiary alicyclic amines) is 1. The summed E-state index contributed by atoms with van der Waals surface area (Å²) in [6, 6.07) is 9.86. The van der Waals surface area contributed by atoms with Crippen LogP contribution in [0.5, 0.6) is 0 Å². The first-order chi connectivity index (χ1) is 11.6. The molecular weight excluding hydrogens is 322 g/mol. The number of aromatic nitrogens is 1. The third-order valence-electron chi connectivity index (χ3n) is 4.15. The van der Waals surface area contributed by atoms with E-state index in [4.69, 9.17) is 0 Å². The molecular formula is C18H21N3O2S. The minimum Gasteiger partial charge on any atom is -0.355 e. The second kappa shape index (κ2) is 7.57. The normalized spacial score (nSPS) is 17.3. The molecule has 0 spiro atoms. The van der Waals surface area contributed by atoms with Crippen molar-refractivity contribution in [3.05, 3.63) is 52.0 Å². The van der Waals surface area contributed by atoms with E-state index in [0.717, 1.165) is 22.7 Å². The fraction of sp³-hybridized carbons (Fsp3) is 0.389. The van der Waals surface area contributed by atoms with Crippen LogP contribution < -0.4 is 5.32 Å². The van der Waals surface area contributed by atoms with E-state index in [9.17, 15) is 9.59 Å². The Balaban J connectivity index is 1.47. The summed E-state index contributed by atoms with van der Waals surface area (Å²) < 4.78 is 0. The van der Waals surface area contributed by atoms with Gasteiger partial charge < -0.3 is 10.2 Å². The molecule has 0 aliphatic carbocycles. The molecule has 1 aliphatic rings. The number of amides is 2. The van der Waals surface area contributed by atoms with Crippen LogP contribution in [0.4, 0.5) is 0 Å². The summed E-state index contributed by atoms with van der Waals surface area (Å²) in [5.41, 5.74) is 2.09. The highest BCUT2D eigenvalue weighted by Crippen LogP contribution is 2.20. The molecule has 2 heterocycles. The van der Waals surface area contributed by atoms with Gasteiger partial charge in [-0.3, -0.25) is 9.59 Å². The van der Waals surface area contributed by atoms with E-state index >= 15 is 0 Å². The van der Waals surface area contributed by atoms with E-state index in [2.05, 4.69) is 10.3 Å². The van der Waals surface area contributed by atoms with Crippen LogP contribution in [0.1, 0.15) is 22.7 Å². The van der Waals surface area contributed by atoms with Crippen molar-refractivity contribution in [1.82, 2.24) is 15.2 Å². The van der Waals surface area contributed by atoms with Gasteiger partial charge in [0.25, 0.3) is 0 Å². The minimum atomic E-state index is -0.251. The van der Waals surface area contributed by atoms with Crippen molar-refractivity contribution >= 4 is 23.2 Å². The average molecular weight is 343 g/mol. The number of aryl methyl sites for hydroxylation is 1. The first-order valence-corrected chi connectivity index (χ1v) is 9.00. The quantitative estimate of drug-likeness (QED) is 0.874. The molecule has 1 fully saturated rings. The lowest BCUT2D eigenvalue weighted by molar-refractivity contribution is -0.129. The molecule has 0 radical (unpaired) electrons. The summed E-state index contributed by atoms with van der Waals surface area (Å²) in [4.78, 5) is 30.6. The zero-order valence-corrected chi connectivity index (χ0v) is 14.5. The lowest BCUT2D eigenvalue weighted by Crippen LogP contribution is -2.34. The first-order valence-electron chi connectivity index (χ1n) is 8.12. The number of carbonyl (C=O) groups excluding carboxylic acids is 2. The van der Waals surface area contributed by atoms with E-state index in [-0.39, 0.29) is 17.7 Å². The number of carbonyl (C=O) groups is 2. The van der Waals surface area contributed by atoms with E-state index in [1.54, 1.807) is 16.2 Å². The number of hydrogen-bond donors (Lipinski definition) is 1. The minimum absolute atomic E-state index is 0.0362. The Bertz CT molecular complexity index is 714. The number of benzene rings is 1. The highest BCUT2D eigenvalue weighted by atomic mass is 32.1. The molecule has 2 amide bonds. The Morgan fingerprint density at radius 3 is 2.88 bits per heavy atom. The molecule has 5 nitrogen and oxygen atoms in total. The molecule has 1 aliphatic heterocycles. The summed E-state index contributed by atoms with van der Waals surface area (Å²) in [6.07, 6.45) is 1.03. The van der Waals surface area contributed by atoms with Crippen molar-refractivity contribution in [3.63, 3.8) is 0 Å². The van der Waals surface area contributed by atoms with E-state index < -0.39 is 0 Å². The maximum Gasteiger partial charge on any atom is 0.225 e. The van der Waals surface area contributed by atoms with Crippen molar-refractivity contribution in [1.29, 1.82) is 0 Å². The van der Waals surface area contributed by atoms with Crippen LogP contribution in [0.15, 0.2) is 35.7 Å². The Kier molecular flexibility index (Phi) is 5.25. The highest BCUT2D eigenvalue weighted by Gasteiger charge is 2.33. The molecule has 0 saturated carbocycles. The van der Waals surface area contributed by atoms with Gasteiger partial charge in [0.15, 0.2) is 0 Å². The lowest BCUT2D eigenvalue weighted by Gasteiger charge is -2.16. The largest absolute Gasteiger partial charge is 0.355 e. The molecule has 126 valence electrons. The van der Waals surface area contributed by atoms with Gasteiger partial charge >= 0.3 is 0 Å². The molecule has 0 bridgehead atoms. The molecule has 24 heavy (non-hydrogen) atoms. The third kappa shape index (κ3) is 4.20. The summed E-state index contributed by atoms with van der Waals surface area (Å²) >= 11 is 1.61. The van der Waals surface area contributed by atoms with Gasteiger partial charge in [0.1, 0.15) is 0 Å². The van der Waals surface area contributed by atoms with Gasteiger partial charge in [-0.15, -0.1) is 11.3 Å². The SMILES string of the molecule is Cc1nc(CCNC(=O)C2CC(=O)N(Cc3ccccc3)C2)cs1. The van der Waals surface area contributed by atoms with Gasteiger partial charge in [0.2, 0.25) is 11.8 Å². The molecule has 1 aromatic heterocycles. The van der Waals surface area contributed by atoms with Gasteiger partial charge in [0.05, 0.1) is 16.6 Å². The molecule has 1 saturated heterocycles. The van der Waals surface area contributed by atoms with Gasteiger partial charge in [-0.2, -0.15) is 0 Å². The van der Waals surface area contributed by atoms with Crippen molar-refractivity contribution in [2.75, 3.05) is 13.1 Å². The topological polar surface area (TPSA) is 62.3 Å². The summed E-state index contributed by atoms with van der Waals surface area (Å²) in [5, 5.41) is 5.99. The van der Waals surface area contributed by atoms with Gasteiger partial charge in [-0.25, -0.2) is 4.98 Å². The molecule has 1 atom stereocenters. The van der Waals surface area contributed by atoms with E-state index in [0.29, 0.717) is 26.1 Å². The van der Waals surface area contributed by atoms with E-state index in [1.807, 2.05) is 42.6 Å². The van der Waals surface area contributed by atoms with Crippen molar-refractivity contribution in [2.45, 2.75) is 26.3 Å². The Morgan fingerprint density at radius 2 is 2.17 bits per heavy atom. The second-order valence-electron chi connectivity index (χ2n) is 6.06. The third-order valence-corrected chi connectivity index (χ3v) is 4.97. The molecule has 3 rings (SSSR count). The smallest absolute Gasteiger partial charge is 0.225 e. The number of nitrogens with one attached hydrogen (secondary N) is 1. The standard InChI is InChI=1S/C18H21N3O2S/c1-13-20-16(12-24-13)7-8-19-18(23)15-9-17(22)21(11-15)10-14-5-3-2-4-6-14/h2-6,12,15H,7-11H2,1H3,(H,19,23). The number of hydrogen-bond acceptors (Lipinski definition) is 4. The summed E-state index contributed by atoms with van der Waals surface area (Å²) in [7, 11) is 0. The van der Waals surface area contributed by atoms with Crippen LogP contribution in [0.25, 0.3) is 0 Å². The van der Waals surface area contributed by atoms with Gasteiger partial charge in [0, 0.05) is 37.9 Å². The predicted octanol–water partition coefficient (Wildman–Crippen LogP) is 2.16. The van der Waals surface area contributed by atoms with Crippen LogP contribution in [0.3, 0.4) is 0 Å². The fourth-order valence-corrected chi connectivity index (χ4v) is 3.53. The van der Waals surface area contributed by atoms with Crippen LogP contribution in [-0.2, 0) is 22.6 Å². The molecule has 1 N–H and O–H groups in total. The number of rotatable bonds is 6. The van der Waals surface area contributed by atoms with Crippen molar-refractivity contribution in [3.8, 4) is 0 Å². The first kappa shape index (κ1) is 16.6. The van der Waals surface area contributed by atoms with Crippen LogP contribution in [0.2, 0.25) is 0 Å². The fourth-order valence-electron chi connectivity index (χ4n) is 2.89. The van der Waals surface area contributed by atoms with Gasteiger partial charge in [-0.05, 0) is 12.5 Å². The van der Waals surface area contributed by atoms with Crippen LogP contribution in [-0.4, -0.2) is 34.8 Å². The Labute approximate surface area is 145 Å². The Hall–Kier alpha value is -2.21. The van der Waals surface area contributed by atoms with Crippen molar-refractivity contribution in [2.24, 2.45) is 5.92 Å². The van der Waals surface area contributed by atoms with Crippen LogP contribution in [0, 0.1) is 12.8 Å².